The van der Waals surface area contributed by atoms with Crippen LogP contribution in [0.5, 0.6) is 0 Å². The van der Waals surface area contributed by atoms with Crippen molar-refractivity contribution in [1.82, 2.24) is 10.2 Å². The zero-order valence-corrected chi connectivity index (χ0v) is 20.3. The third-order valence-electron chi connectivity index (χ3n) is 5.17. The Hall–Kier alpha value is -2.74. The van der Waals surface area contributed by atoms with Crippen molar-refractivity contribution in [2.45, 2.75) is 18.9 Å². The number of rotatable bonds is 11. The molecule has 1 aliphatic heterocycles. The van der Waals surface area contributed by atoms with Crippen molar-refractivity contribution in [1.29, 1.82) is 0 Å². The van der Waals surface area contributed by atoms with Crippen LogP contribution in [-0.4, -0.2) is 80.9 Å². The molecule has 0 bridgehead atoms. The van der Waals surface area contributed by atoms with Gasteiger partial charge in [-0.1, -0.05) is 11.6 Å². The Labute approximate surface area is 213 Å². The van der Waals surface area contributed by atoms with E-state index in [-0.39, 0.29) is 23.1 Å². The molecular formula is C22H23ClF4N4O4S. The van der Waals surface area contributed by atoms with E-state index in [1.807, 2.05) is 0 Å². The first-order chi connectivity index (χ1) is 17.1. The Bertz CT molecular complexity index is 1050. The van der Waals surface area contributed by atoms with E-state index in [0.29, 0.717) is 28.1 Å². The molecule has 196 valence electrons. The standard InChI is InChI=1S/C22H23ClF4N4O4S/c23-17-6-5-16(36-17)22(34)28-9-15(30(10-18(24)25)11-19(26)27)21(33)29-13-1-3-14(4-2-13)31-7-8-35-12-20(31)32/h1-6,15,18-19H,7-12H2,(H,28,34)(H,29,33)/t15-/m1/s1. The molecule has 1 atom stereocenters. The van der Waals surface area contributed by atoms with Crippen molar-refractivity contribution < 1.29 is 36.7 Å². The van der Waals surface area contributed by atoms with Crippen LogP contribution in [0.4, 0.5) is 28.9 Å². The van der Waals surface area contributed by atoms with Crippen LogP contribution in [0.2, 0.25) is 4.34 Å². The summed E-state index contributed by atoms with van der Waals surface area (Å²) < 4.78 is 58.0. The molecule has 1 aromatic heterocycles. The van der Waals surface area contributed by atoms with Gasteiger partial charge in [0, 0.05) is 24.5 Å². The van der Waals surface area contributed by atoms with E-state index in [1.54, 1.807) is 12.1 Å². The van der Waals surface area contributed by atoms with Gasteiger partial charge in [-0.05, 0) is 36.4 Å². The smallest absolute Gasteiger partial charge is 0.261 e. The van der Waals surface area contributed by atoms with Crippen molar-refractivity contribution in [3.8, 4) is 0 Å². The topological polar surface area (TPSA) is 91.0 Å². The first kappa shape index (κ1) is 27.8. The Kier molecular flexibility index (Phi) is 10.0. The summed E-state index contributed by atoms with van der Waals surface area (Å²) in [7, 11) is 0. The number of nitrogens with zero attached hydrogens (tertiary/aromatic N) is 2. The molecule has 36 heavy (non-hydrogen) atoms. The van der Waals surface area contributed by atoms with Crippen LogP contribution in [0.3, 0.4) is 0 Å². The number of ether oxygens (including phenoxy) is 1. The maximum Gasteiger partial charge on any atom is 0.261 e. The minimum absolute atomic E-state index is 0.0479. The summed E-state index contributed by atoms with van der Waals surface area (Å²) in [6.07, 6.45) is -5.98. The lowest BCUT2D eigenvalue weighted by Gasteiger charge is -2.30. The highest BCUT2D eigenvalue weighted by atomic mass is 35.5. The summed E-state index contributed by atoms with van der Waals surface area (Å²) in [5.74, 6) is -1.72. The van der Waals surface area contributed by atoms with Gasteiger partial charge in [-0.2, -0.15) is 0 Å². The first-order valence-corrected chi connectivity index (χ1v) is 12.0. The second kappa shape index (κ2) is 13.0. The average molecular weight is 551 g/mol. The summed E-state index contributed by atoms with van der Waals surface area (Å²) >= 11 is 6.78. The van der Waals surface area contributed by atoms with Gasteiger partial charge in [0.05, 0.1) is 28.9 Å². The monoisotopic (exact) mass is 550 g/mol. The van der Waals surface area contributed by atoms with E-state index >= 15 is 0 Å². The third kappa shape index (κ3) is 7.88. The Morgan fingerprint density at radius 3 is 2.31 bits per heavy atom. The number of thiophene rings is 1. The molecule has 2 heterocycles. The lowest BCUT2D eigenvalue weighted by atomic mass is 10.2. The van der Waals surface area contributed by atoms with Crippen LogP contribution >= 0.6 is 22.9 Å². The van der Waals surface area contributed by atoms with Crippen molar-refractivity contribution >= 4 is 52.0 Å². The highest BCUT2D eigenvalue weighted by Crippen LogP contribution is 2.22. The third-order valence-corrected chi connectivity index (χ3v) is 6.40. The summed E-state index contributed by atoms with van der Waals surface area (Å²) in [6, 6.07) is 7.53. The van der Waals surface area contributed by atoms with Crippen LogP contribution in [0.1, 0.15) is 9.67 Å². The van der Waals surface area contributed by atoms with Gasteiger partial charge < -0.3 is 20.3 Å². The Morgan fingerprint density at radius 1 is 1.08 bits per heavy atom. The lowest BCUT2D eigenvalue weighted by Crippen LogP contribution is -2.53. The fourth-order valence-electron chi connectivity index (χ4n) is 3.53. The van der Waals surface area contributed by atoms with Crippen LogP contribution in [-0.2, 0) is 14.3 Å². The average Bonchev–Trinajstić information content (AvgIpc) is 3.25. The zero-order chi connectivity index (χ0) is 26.2. The number of alkyl halides is 4. The summed E-state index contributed by atoms with van der Waals surface area (Å²) in [6.45, 7) is -2.01. The number of nitrogens with one attached hydrogen (secondary N) is 2. The van der Waals surface area contributed by atoms with E-state index in [2.05, 4.69) is 10.6 Å². The quantitative estimate of drug-likeness (QED) is 0.419. The molecule has 3 amide bonds. The zero-order valence-electron chi connectivity index (χ0n) is 18.8. The van der Waals surface area contributed by atoms with Crippen molar-refractivity contribution in [3.05, 3.63) is 45.6 Å². The maximum absolute atomic E-state index is 13.1. The molecule has 8 nitrogen and oxygen atoms in total. The lowest BCUT2D eigenvalue weighted by molar-refractivity contribution is -0.125. The molecule has 1 aliphatic rings. The first-order valence-electron chi connectivity index (χ1n) is 10.8. The van der Waals surface area contributed by atoms with Gasteiger partial charge in [0.15, 0.2) is 0 Å². The molecule has 14 heteroatoms. The molecule has 1 aromatic carbocycles. The van der Waals surface area contributed by atoms with Crippen molar-refractivity contribution in [3.63, 3.8) is 0 Å². The van der Waals surface area contributed by atoms with Gasteiger partial charge in [0.25, 0.3) is 24.7 Å². The van der Waals surface area contributed by atoms with E-state index in [0.717, 1.165) is 11.3 Å². The number of carbonyl (C=O) groups excluding carboxylic acids is 3. The molecule has 2 aromatic rings. The number of hydrogen-bond acceptors (Lipinski definition) is 6. The largest absolute Gasteiger partial charge is 0.370 e. The molecular weight excluding hydrogens is 528 g/mol. The van der Waals surface area contributed by atoms with Crippen LogP contribution < -0.4 is 15.5 Å². The van der Waals surface area contributed by atoms with E-state index in [9.17, 15) is 31.9 Å². The normalized spacial score (nSPS) is 15.0. The van der Waals surface area contributed by atoms with Crippen LogP contribution in [0.15, 0.2) is 36.4 Å². The van der Waals surface area contributed by atoms with Crippen molar-refractivity contribution in [2.75, 3.05) is 49.6 Å². The number of amides is 3. The number of carbonyl (C=O) groups is 3. The minimum Gasteiger partial charge on any atom is -0.370 e. The van der Waals surface area contributed by atoms with Gasteiger partial charge in [-0.15, -0.1) is 11.3 Å². The van der Waals surface area contributed by atoms with Crippen molar-refractivity contribution in [2.24, 2.45) is 0 Å². The maximum atomic E-state index is 13.1. The van der Waals surface area contributed by atoms with Crippen LogP contribution in [0, 0.1) is 0 Å². The number of benzene rings is 1. The molecule has 0 unspecified atom stereocenters. The van der Waals surface area contributed by atoms with E-state index < -0.39 is 50.3 Å². The molecule has 0 spiro atoms. The summed E-state index contributed by atoms with van der Waals surface area (Å²) in [4.78, 5) is 39.7. The Morgan fingerprint density at radius 2 is 1.75 bits per heavy atom. The van der Waals surface area contributed by atoms with Gasteiger partial charge in [-0.25, -0.2) is 17.6 Å². The minimum atomic E-state index is -2.99. The molecule has 2 N–H and O–H groups in total. The number of anilines is 2. The Balaban J connectivity index is 1.74. The summed E-state index contributed by atoms with van der Waals surface area (Å²) in [5, 5.41) is 4.94. The van der Waals surface area contributed by atoms with Gasteiger partial charge in [0.2, 0.25) is 5.91 Å². The highest BCUT2D eigenvalue weighted by Gasteiger charge is 2.31. The highest BCUT2D eigenvalue weighted by molar-refractivity contribution is 7.18. The molecule has 1 saturated heterocycles. The predicted molar refractivity (Wildman–Crippen MR) is 127 cm³/mol. The predicted octanol–water partition coefficient (Wildman–Crippen LogP) is 3.33. The van der Waals surface area contributed by atoms with E-state index in [1.165, 1.54) is 29.2 Å². The van der Waals surface area contributed by atoms with Gasteiger partial charge in [0.1, 0.15) is 12.6 Å². The second-order valence-electron chi connectivity index (χ2n) is 7.70. The van der Waals surface area contributed by atoms with Gasteiger partial charge >= 0.3 is 0 Å². The molecule has 0 aliphatic carbocycles. The molecule has 0 radical (unpaired) electrons. The fraction of sp³-hybridized carbons (Fsp3) is 0.409. The van der Waals surface area contributed by atoms with Crippen LogP contribution in [0.25, 0.3) is 0 Å². The van der Waals surface area contributed by atoms with Gasteiger partial charge in [-0.3, -0.25) is 19.3 Å². The fourth-order valence-corrected chi connectivity index (χ4v) is 4.48. The molecule has 1 fully saturated rings. The second-order valence-corrected chi connectivity index (χ2v) is 9.41. The number of hydrogen-bond donors (Lipinski definition) is 2. The molecule has 0 saturated carbocycles. The number of morpholine rings is 1. The number of halogens is 5. The summed E-state index contributed by atoms with van der Waals surface area (Å²) in [5.41, 5.74) is 0.816. The van der Waals surface area contributed by atoms with E-state index in [4.69, 9.17) is 16.3 Å². The SMILES string of the molecule is O=C(NC[C@H](C(=O)Nc1ccc(N2CCOCC2=O)cc1)N(CC(F)F)CC(F)F)c1ccc(Cl)s1. The molecule has 3 rings (SSSR count).